The summed E-state index contributed by atoms with van der Waals surface area (Å²) in [6, 6.07) is 7.78. The van der Waals surface area contributed by atoms with Crippen LogP contribution in [0.2, 0.25) is 0 Å². The van der Waals surface area contributed by atoms with Crippen LogP contribution < -0.4 is 21.7 Å². The van der Waals surface area contributed by atoms with Crippen molar-refractivity contribution in [1.29, 1.82) is 0 Å². The lowest BCUT2D eigenvalue weighted by Crippen LogP contribution is -2.47. The second-order valence-electron chi connectivity index (χ2n) is 8.10. The van der Waals surface area contributed by atoms with E-state index in [-0.39, 0.29) is 35.5 Å². The van der Waals surface area contributed by atoms with E-state index >= 15 is 0 Å². The number of hydrogen-bond donors (Lipinski definition) is 4. The number of rotatable bonds is 1. The lowest BCUT2D eigenvalue weighted by molar-refractivity contribution is -0.123. The molecule has 2 heterocycles. The summed E-state index contributed by atoms with van der Waals surface area (Å²) in [5.74, 6) is 0.190. The number of nitrogens with zero attached hydrogens (tertiary/aromatic N) is 2. The number of halogens is 1. The minimum atomic E-state index is -0.535. The average molecular weight is 382 g/mol. The third kappa shape index (κ3) is 2.97. The van der Waals surface area contributed by atoms with Crippen molar-refractivity contribution < 1.29 is 9.18 Å². The smallest absolute Gasteiger partial charge is 0.229 e. The van der Waals surface area contributed by atoms with Gasteiger partial charge in [-0.3, -0.25) is 4.79 Å². The number of primary amides is 1. The first kappa shape index (κ1) is 17.4. The van der Waals surface area contributed by atoms with Crippen molar-refractivity contribution in [2.24, 2.45) is 29.4 Å². The topological polar surface area (TPSA) is 105 Å². The molecule has 6 bridgehead atoms. The molecule has 2 saturated carbocycles. The highest BCUT2D eigenvalue weighted by atomic mass is 19.1. The van der Waals surface area contributed by atoms with Gasteiger partial charge in [0.2, 0.25) is 11.9 Å². The number of hydrogen-bond acceptors (Lipinski definition) is 6. The third-order valence-corrected chi connectivity index (χ3v) is 6.44. The molecule has 28 heavy (non-hydrogen) atoms. The summed E-state index contributed by atoms with van der Waals surface area (Å²) in [5.41, 5.74) is 7.69. The Hall–Kier alpha value is -2.74. The zero-order valence-corrected chi connectivity index (χ0v) is 15.4. The van der Waals surface area contributed by atoms with E-state index in [0.29, 0.717) is 11.9 Å². The van der Waals surface area contributed by atoms with Gasteiger partial charge in [0.25, 0.3) is 0 Å². The van der Waals surface area contributed by atoms with Gasteiger partial charge in [0.1, 0.15) is 0 Å². The number of anilines is 3. The Morgan fingerprint density at radius 2 is 2.14 bits per heavy atom. The van der Waals surface area contributed by atoms with Gasteiger partial charge in [-0.25, -0.2) is 9.37 Å². The van der Waals surface area contributed by atoms with Gasteiger partial charge in [0.05, 0.1) is 12.1 Å². The Labute approximate surface area is 162 Å². The first-order valence-electron chi connectivity index (χ1n) is 9.73. The highest BCUT2D eigenvalue weighted by Crippen LogP contribution is 2.52. The Bertz CT molecular complexity index is 921. The number of nitrogens with one attached hydrogen (secondary N) is 3. The van der Waals surface area contributed by atoms with E-state index in [1.165, 1.54) is 0 Å². The van der Waals surface area contributed by atoms with E-state index in [0.717, 1.165) is 43.4 Å². The maximum Gasteiger partial charge on any atom is 0.229 e. The molecule has 0 saturated heterocycles. The Morgan fingerprint density at radius 1 is 1.25 bits per heavy atom. The summed E-state index contributed by atoms with van der Waals surface area (Å²) in [6.45, 7) is 1.62. The largest absolute Gasteiger partial charge is 0.369 e. The summed E-state index contributed by atoms with van der Waals surface area (Å²) < 4.78 is 14.4. The van der Waals surface area contributed by atoms with Crippen LogP contribution in [0.15, 0.2) is 30.5 Å². The van der Waals surface area contributed by atoms with Crippen LogP contribution in [0.1, 0.15) is 18.4 Å². The van der Waals surface area contributed by atoms with Gasteiger partial charge in [-0.1, -0.05) is 12.1 Å². The normalized spacial score (nSPS) is 30.8. The fraction of sp³-hybridized carbons (Fsp3) is 0.450. The highest BCUT2D eigenvalue weighted by molar-refractivity contribution is 5.79. The van der Waals surface area contributed by atoms with Gasteiger partial charge < -0.3 is 21.7 Å². The molecule has 5 atom stereocenters. The molecule has 3 aliphatic rings. The zero-order chi connectivity index (χ0) is 19.3. The molecule has 0 spiro atoms. The number of aromatic nitrogens is 2. The van der Waals surface area contributed by atoms with Crippen LogP contribution in [0.4, 0.5) is 21.8 Å². The van der Waals surface area contributed by atoms with Crippen molar-refractivity contribution >= 4 is 23.4 Å². The Morgan fingerprint density at radius 3 is 3.00 bits per heavy atom. The van der Waals surface area contributed by atoms with Gasteiger partial charge in [-0.05, 0) is 54.8 Å². The SMILES string of the molecule is NC(=O)C1C2CC3CNCc4cccc(c4)Nc4ncc(F)c(n4)NC1C3C2. The van der Waals surface area contributed by atoms with E-state index in [1.807, 2.05) is 18.2 Å². The molecule has 5 rings (SSSR count). The molecule has 1 aromatic carbocycles. The van der Waals surface area contributed by atoms with Crippen molar-refractivity contribution in [3.63, 3.8) is 0 Å². The van der Waals surface area contributed by atoms with Crippen LogP contribution in [0.5, 0.6) is 0 Å². The molecule has 1 aliphatic heterocycles. The molecule has 2 aromatic rings. The monoisotopic (exact) mass is 382 g/mol. The molecule has 8 heteroatoms. The summed E-state index contributed by atoms with van der Waals surface area (Å²) in [7, 11) is 0. The zero-order valence-electron chi connectivity index (χ0n) is 15.4. The number of benzene rings is 1. The number of nitrogens with two attached hydrogens (primary N) is 1. The minimum Gasteiger partial charge on any atom is -0.369 e. The summed E-state index contributed by atoms with van der Waals surface area (Å²) in [4.78, 5) is 20.5. The second kappa shape index (κ2) is 6.70. The van der Waals surface area contributed by atoms with Gasteiger partial charge in [-0.15, -0.1) is 0 Å². The molecule has 0 radical (unpaired) electrons. The van der Waals surface area contributed by atoms with Gasteiger partial charge in [-0.2, -0.15) is 4.98 Å². The van der Waals surface area contributed by atoms with E-state index in [4.69, 9.17) is 5.73 Å². The maximum atomic E-state index is 14.4. The predicted molar refractivity (Wildman–Crippen MR) is 103 cm³/mol. The molecule has 2 fully saturated rings. The fourth-order valence-electron chi connectivity index (χ4n) is 5.31. The minimum absolute atomic E-state index is 0.112. The first-order chi connectivity index (χ1) is 13.6. The Kier molecular flexibility index (Phi) is 4.16. The first-order valence-corrected chi connectivity index (χ1v) is 9.73. The Balaban J connectivity index is 1.54. The number of carbonyl (C=O) groups is 1. The molecular formula is C20H23FN6O. The number of amides is 1. The summed E-state index contributed by atoms with van der Waals surface area (Å²) in [5, 5.41) is 9.88. The second-order valence-corrected chi connectivity index (χ2v) is 8.10. The van der Waals surface area contributed by atoms with Crippen LogP contribution in [0.3, 0.4) is 0 Å². The van der Waals surface area contributed by atoms with Gasteiger partial charge in [0, 0.05) is 18.3 Å². The van der Waals surface area contributed by atoms with Crippen molar-refractivity contribution in [1.82, 2.24) is 15.3 Å². The highest BCUT2D eigenvalue weighted by Gasteiger charge is 2.54. The average Bonchev–Trinajstić information content (AvgIpc) is 3.22. The van der Waals surface area contributed by atoms with Crippen LogP contribution >= 0.6 is 0 Å². The third-order valence-electron chi connectivity index (χ3n) is 6.44. The molecule has 7 nitrogen and oxygen atoms in total. The van der Waals surface area contributed by atoms with Gasteiger partial charge in [0.15, 0.2) is 11.6 Å². The van der Waals surface area contributed by atoms with Crippen molar-refractivity contribution in [3.05, 3.63) is 41.8 Å². The van der Waals surface area contributed by atoms with Crippen LogP contribution in [-0.4, -0.2) is 28.5 Å². The number of carbonyl (C=O) groups excluding carboxylic acids is 1. The van der Waals surface area contributed by atoms with Crippen LogP contribution in [0, 0.1) is 29.5 Å². The molecular weight excluding hydrogens is 359 g/mol. The standard InChI is InChI=1S/C20H23FN6O/c21-15-9-24-20-25-13-3-1-2-10(4-13)7-23-8-12-5-11-6-14(12)17(16(11)18(22)28)26-19(15)27-20/h1-4,9,11-12,14,16-17,23H,5-8H2,(H2,22,28)(H2,24,25,26,27). The molecule has 2 aliphatic carbocycles. The lowest BCUT2D eigenvalue weighted by atomic mass is 9.77. The van der Waals surface area contributed by atoms with Crippen LogP contribution in [0.25, 0.3) is 0 Å². The quantitative estimate of drug-likeness (QED) is 0.601. The summed E-state index contributed by atoms with van der Waals surface area (Å²) >= 11 is 0. The van der Waals surface area contributed by atoms with E-state index < -0.39 is 5.82 Å². The van der Waals surface area contributed by atoms with Crippen LogP contribution in [-0.2, 0) is 11.3 Å². The molecule has 5 N–H and O–H groups in total. The summed E-state index contributed by atoms with van der Waals surface area (Å²) in [6.07, 6.45) is 3.06. The fourth-order valence-corrected chi connectivity index (χ4v) is 5.31. The van der Waals surface area contributed by atoms with Crippen molar-refractivity contribution in [3.8, 4) is 0 Å². The van der Waals surface area contributed by atoms with E-state index in [1.54, 1.807) is 0 Å². The van der Waals surface area contributed by atoms with Gasteiger partial charge >= 0.3 is 0 Å². The maximum absolute atomic E-state index is 14.4. The molecule has 146 valence electrons. The van der Waals surface area contributed by atoms with E-state index in [2.05, 4.69) is 32.0 Å². The lowest BCUT2D eigenvalue weighted by Gasteiger charge is -2.35. The van der Waals surface area contributed by atoms with E-state index in [9.17, 15) is 9.18 Å². The van der Waals surface area contributed by atoms with Crippen molar-refractivity contribution in [2.75, 3.05) is 17.2 Å². The molecule has 5 unspecified atom stereocenters. The predicted octanol–water partition coefficient (Wildman–Crippen LogP) is 2.00. The number of fused-ring (bicyclic) bond motifs is 5. The molecule has 1 aromatic heterocycles. The molecule has 1 amide bonds. The van der Waals surface area contributed by atoms with Crippen molar-refractivity contribution in [2.45, 2.75) is 25.4 Å².